The number of carbonyl (C=O) groups excluding carboxylic acids is 1. The number of nitrogens with one attached hydrogen (secondary N) is 2. The van der Waals surface area contributed by atoms with Crippen molar-refractivity contribution >= 4 is 6.03 Å². The number of urea groups is 1. The minimum Gasteiger partial charge on any atom is -0.392 e. The van der Waals surface area contributed by atoms with Gasteiger partial charge in [-0.05, 0) is 34.1 Å². The molecular weight excluding hydrogens is 300 g/mol. The van der Waals surface area contributed by atoms with Crippen molar-refractivity contribution in [3.63, 3.8) is 0 Å². The predicted octanol–water partition coefficient (Wildman–Crippen LogP) is 3.40. The lowest BCUT2D eigenvalue weighted by molar-refractivity contribution is 0.235. The van der Waals surface area contributed by atoms with Crippen LogP contribution < -0.4 is 10.6 Å². The maximum atomic E-state index is 12.3. The van der Waals surface area contributed by atoms with E-state index >= 15 is 0 Å². The monoisotopic (exact) mass is 324 g/mol. The third kappa shape index (κ3) is 3.29. The Morgan fingerprint density at radius 2 is 1.79 bits per heavy atom. The molecule has 2 aromatic rings. The fourth-order valence-electron chi connectivity index (χ4n) is 3.55. The highest BCUT2D eigenvalue weighted by atomic mass is 16.3. The van der Waals surface area contributed by atoms with Crippen molar-refractivity contribution in [3.05, 3.63) is 70.8 Å². The molecular formula is C20H24N2O2. The molecule has 0 fully saturated rings. The van der Waals surface area contributed by atoms with Crippen molar-refractivity contribution in [2.45, 2.75) is 44.9 Å². The van der Waals surface area contributed by atoms with Gasteiger partial charge in [-0.1, -0.05) is 62.4 Å². The lowest BCUT2D eigenvalue weighted by Gasteiger charge is -2.19. The zero-order chi connectivity index (χ0) is 17.2. The molecule has 1 unspecified atom stereocenters. The number of carbonyl (C=O) groups is 1. The molecule has 2 aromatic carbocycles. The van der Waals surface area contributed by atoms with Crippen LogP contribution in [0.25, 0.3) is 0 Å². The first-order valence-electron chi connectivity index (χ1n) is 8.32. The molecule has 0 saturated heterocycles. The second-order valence-corrected chi connectivity index (χ2v) is 6.98. The topological polar surface area (TPSA) is 61.4 Å². The first-order valence-corrected chi connectivity index (χ1v) is 8.32. The van der Waals surface area contributed by atoms with E-state index in [4.69, 9.17) is 0 Å². The Labute approximate surface area is 142 Å². The van der Waals surface area contributed by atoms with Gasteiger partial charge >= 0.3 is 6.03 Å². The maximum absolute atomic E-state index is 12.3. The van der Waals surface area contributed by atoms with E-state index in [-0.39, 0.29) is 24.1 Å². The van der Waals surface area contributed by atoms with Crippen LogP contribution in [0.3, 0.4) is 0 Å². The molecule has 1 atom stereocenters. The second-order valence-electron chi connectivity index (χ2n) is 6.98. The van der Waals surface area contributed by atoms with Gasteiger partial charge in [-0.2, -0.15) is 0 Å². The first kappa shape index (κ1) is 16.5. The molecule has 3 N–H and O–H groups in total. The Morgan fingerprint density at radius 3 is 2.54 bits per heavy atom. The third-order valence-electron chi connectivity index (χ3n) is 4.81. The molecule has 24 heavy (non-hydrogen) atoms. The zero-order valence-corrected chi connectivity index (χ0v) is 14.2. The van der Waals surface area contributed by atoms with Crippen LogP contribution in [0.15, 0.2) is 48.5 Å². The van der Waals surface area contributed by atoms with Crippen molar-refractivity contribution in [3.8, 4) is 0 Å². The van der Waals surface area contributed by atoms with E-state index in [1.165, 1.54) is 11.1 Å². The van der Waals surface area contributed by atoms with Crippen LogP contribution in [-0.2, 0) is 18.6 Å². The van der Waals surface area contributed by atoms with Crippen LogP contribution in [0.1, 0.15) is 48.6 Å². The Balaban J connectivity index is 1.64. The fourth-order valence-corrected chi connectivity index (χ4v) is 3.55. The molecule has 1 aliphatic carbocycles. The van der Waals surface area contributed by atoms with Crippen LogP contribution in [0.4, 0.5) is 4.79 Å². The van der Waals surface area contributed by atoms with Crippen LogP contribution >= 0.6 is 0 Å². The van der Waals surface area contributed by atoms with E-state index < -0.39 is 0 Å². The number of hydrogen-bond acceptors (Lipinski definition) is 2. The maximum Gasteiger partial charge on any atom is 0.315 e. The first-order chi connectivity index (χ1) is 11.5. The van der Waals surface area contributed by atoms with Crippen LogP contribution in [0, 0.1) is 0 Å². The summed E-state index contributed by atoms with van der Waals surface area (Å²) >= 11 is 0. The summed E-state index contributed by atoms with van der Waals surface area (Å²) in [4.78, 5) is 12.3. The molecule has 4 heteroatoms. The standard InChI is InChI=1S/C20H24N2O2/c1-20(2)11-18(16-9-5-6-10-17(16)20)22-19(24)21-12-14-7-3-4-8-15(14)13-23/h3-10,18,23H,11-13H2,1-2H3,(H2,21,22,24). The number of benzene rings is 2. The van der Waals surface area contributed by atoms with Crippen LogP contribution in [0.5, 0.6) is 0 Å². The second kappa shape index (κ2) is 6.65. The van der Waals surface area contributed by atoms with Gasteiger partial charge in [0.1, 0.15) is 0 Å². The lowest BCUT2D eigenvalue weighted by atomic mass is 9.86. The van der Waals surface area contributed by atoms with Crippen molar-refractivity contribution in [2.24, 2.45) is 0 Å². The van der Waals surface area contributed by atoms with Crippen molar-refractivity contribution in [2.75, 3.05) is 0 Å². The average Bonchev–Trinajstić information content (AvgIpc) is 2.84. The number of amides is 2. The molecule has 0 heterocycles. The predicted molar refractivity (Wildman–Crippen MR) is 94.6 cm³/mol. The largest absolute Gasteiger partial charge is 0.392 e. The highest BCUT2D eigenvalue weighted by Crippen LogP contribution is 2.44. The Morgan fingerprint density at radius 1 is 1.12 bits per heavy atom. The van der Waals surface area contributed by atoms with Gasteiger partial charge < -0.3 is 15.7 Å². The van der Waals surface area contributed by atoms with Crippen LogP contribution in [0.2, 0.25) is 0 Å². The van der Waals surface area contributed by atoms with Crippen LogP contribution in [-0.4, -0.2) is 11.1 Å². The van der Waals surface area contributed by atoms with Gasteiger partial charge in [0.25, 0.3) is 0 Å². The van der Waals surface area contributed by atoms with E-state index in [1.807, 2.05) is 30.3 Å². The molecule has 0 aromatic heterocycles. The normalized spacial score (nSPS) is 18.0. The molecule has 4 nitrogen and oxygen atoms in total. The van der Waals surface area contributed by atoms with Gasteiger partial charge in [0.05, 0.1) is 12.6 Å². The molecule has 126 valence electrons. The van der Waals surface area contributed by atoms with Gasteiger partial charge in [-0.25, -0.2) is 4.79 Å². The van der Waals surface area contributed by atoms with Gasteiger partial charge in [0, 0.05) is 6.54 Å². The van der Waals surface area contributed by atoms with Gasteiger partial charge in [0.15, 0.2) is 0 Å². The molecule has 0 bridgehead atoms. The molecule has 0 spiro atoms. The third-order valence-corrected chi connectivity index (χ3v) is 4.81. The van der Waals surface area contributed by atoms with E-state index in [2.05, 4.69) is 42.7 Å². The fraction of sp³-hybridized carbons (Fsp3) is 0.350. The zero-order valence-electron chi connectivity index (χ0n) is 14.2. The number of fused-ring (bicyclic) bond motifs is 1. The number of aliphatic hydroxyl groups excluding tert-OH is 1. The Kier molecular flexibility index (Phi) is 4.58. The SMILES string of the molecule is CC1(C)CC(NC(=O)NCc2ccccc2CO)c2ccccc21. The quantitative estimate of drug-likeness (QED) is 0.807. The van der Waals surface area contributed by atoms with Crippen molar-refractivity contribution < 1.29 is 9.90 Å². The van der Waals surface area contributed by atoms with Gasteiger partial charge in [-0.3, -0.25) is 0 Å². The van der Waals surface area contributed by atoms with Gasteiger partial charge in [-0.15, -0.1) is 0 Å². The summed E-state index contributed by atoms with van der Waals surface area (Å²) < 4.78 is 0. The summed E-state index contributed by atoms with van der Waals surface area (Å²) in [6.45, 7) is 4.80. The molecule has 0 saturated carbocycles. The van der Waals surface area contributed by atoms with Crippen molar-refractivity contribution in [1.82, 2.24) is 10.6 Å². The van der Waals surface area contributed by atoms with E-state index in [9.17, 15) is 9.90 Å². The summed E-state index contributed by atoms with van der Waals surface area (Å²) in [5.41, 5.74) is 4.35. The number of aliphatic hydroxyl groups is 1. The minimum absolute atomic E-state index is 0.0241. The summed E-state index contributed by atoms with van der Waals surface area (Å²) in [5, 5.41) is 15.3. The van der Waals surface area contributed by atoms with E-state index in [0.29, 0.717) is 6.54 Å². The molecule has 2 amide bonds. The lowest BCUT2D eigenvalue weighted by Crippen LogP contribution is -2.37. The molecule has 0 aliphatic heterocycles. The highest BCUT2D eigenvalue weighted by molar-refractivity contribution is 5.74. The van der Waals surface area contributed by atoms with E-state index in [0.717, 1.165) is 17.5 Å². The number of rotatable bonds is 4. The average molecular weight is 324 g/mol. The molecule has 1 aliphatic rings. The Hall–Kier alpha value is -2.33. The summed E-state index contributed by atoms with van der Waals surface area (Å²) in [7, 11) is 0. The smallest absolute Gasteiger partial charge is 0.315 e. The minimum atomic E-state index is -0.180. The Bertz CT molecular complexity index is 740. The summed E-state index contributed by atoms with van der Waals surface area (Å²) in [5.74, 6) is 0. The summed E-state index contributed by atoms with van der Waals surface area (Å²) in [6.07, 6.45) is 0.896. The molecule has 0 radical (unpaired) electrons. The number of hydrogen-bond donors (Lipinski definition) is 3. The highest BCUT2D eigenvalue weighted by Gasteiger charge is 2.37. The van der Waals surface area contributed by atoms with Crippen molar-refractivity contribution in [1.29, 1.82) is 0 Å². The van der Waals surface area contributed by atoms with Gasteiger partial charge in [0.2, 0.25) is 0 Å². The van der Waals surface area contributed by atoms with E-state index in [1.54, 1.807) is 0 Å². The summed E-state index contributed by atoms with van der Waals surface area (Å²) in [6, 6.07) is 15.7. The molecule has 3 rings (SSSR count).